The lowest BCUT2D eigenvalue weighted by Gasteiger charge is -2.06. The SMILES string of the molecule is COc1c(Br)c(O)c(Br)c2nc(-c3ccc(O)cc3)oc12. The zero-order valence-corrected chi connectivity index (χ0v) is 13.9. The Morgan fingerprint density at radius 1 is 1.10 bits per heavy atom. The molecule has 0 saturated heterocycles. The zero-order valence-electron chi connectivity index (χ0n) is 10.7. The van der Waals surface area contributed by atoms with Crippen LogP contribution >= 0.6 is 31.9 Å². The van der Waals surface area contributed by atoms with Crippen molar-refractivity contribution in [1.29, 1.82) is 0 Å². The van der Waals surface area contributed by atoms with Crippen LogP contribution in [0.4, 0.5) is 0 Å². The minimum Gasteiger partial charge on any atom is -0.508 e. The van der Waals surface area contributed by atoms with Gasteiger partial charge in [0.25, 0.3) is 0 Å². The molecule has 108 valence electrons. The van der Waals surface area contributed by atoms with Crippen molar-refractivity contribution >= 4 is 43.0 Å². The van der Waals surface area contributed by atoms with Crippen LogP contribution in [0.25, 0.3) is 22.6 Å². The number of phenols is 2. The van der Waals surface area contributed by atoms with Gasteiger partial charge in [0.05, 0.1) is 11.6 Å². The number of methoxy groups -OCH3 is 1. The molecule has 2 aromatic carbocycles. The summed E-state index contributed by atoms with van der Waals surface area (Å²) in [4.78, 5) is 4.37. The highest BCUT2D eigenvalue weighted by molar-refractivity contribution is 9.11. The van der Waals surface area contributed by atoms with E-state index in [1.165, 1.54) is 7.11 Å². The second kappa shape index (κ2) is 5.23. The maximum absolute atomic E-state index is 10.0. The van der Waals surface area contributed by atoms with Crippen molar-refractivity contribution in [3.05, 3.63) is 33.2 Å². The summed E-state index contributed by atoms with van der Waals surface area (Å²) in [6, 6.07) is 6.47. The average Bonchev–Trinajstić information content (AvgIpc) is 2.91. The third-order valence-electron chi connectivity index (χ3n) is 2.97. The van der Waals surface area contributed by atoms with Gasteiger partial charge in [-0.2, -0.15) is 0 Å². The van der Waals surface area contributed by atoms with E-state index in [9.17, 15) is 10.2 Å². The molecular formula is C14H9Br2NO4. The third-order valence-corrected chi connectivity index (χ3v) is 4.46. The van der Waals surface area contributed by atoms with Crippen molar-refractivity contribution < 1.29 is 19.4 Å². The normalized spacial score (nSPS) is 11.0. The van der Waals surface area contributed by atoms with E-state index in [4.69, 9.17) is 9.15 Å². The van der Waals surface area contributed by atoms with Gasteiger partial charge in [-0.15, -0.1) is 0 Å². The molecule has 1 heterocycles. The van der Waals surface area contributed by atoms with E-state index in [0.29, 0.717) is 37.2 Å². The molecule has 0 saturated carbocycles. The molecular weight excluding hydrogens is 406 g/mol. The molecule has 0 fully saturated rings. The number of benzene rings is 2. The lowest BCUT2D eigenvalue weighted by atomic mass is 10.2. The molecule has 0 bridgehead atoms. The molecule has 0 unspecified atom stereocenters. The zero-order chi connectivity index (χ0) is 15.1. The van der Waals surface area contributed by atoms with Gasteiger partial charge in [0.15, 0.2) is 11.3 Å². The molecule has 5 nitrogen and oxygen atoms in total. The van der Waals surface area contributed by atoms with E-state index >= 15 is 0 Å². The molecule has 0 amide bonds. The van der Waals surface area contributed by atoms with Crippen LogP contribution in [0.5, 0.6) is 17.2 Å². The van der Waals surface area contributed by atoms with Crippen LogP contribution in [0.2, 0.25) is 0 Å². The van der Waals surface area contributed by atoms with Gasteiger partial charge in [-0.05, 0) is 56.1 Å². The van der Waals surface area contributed by atoms with Crippen molar-refractivity contribution in [3.8, 4) is 28.7 Å². The predicted octanol–water partition coefficient (Wildman–Crippen LogP) is 4.44. The van der Waals surface area contributed by atoms with Crippen molar-refractivity contribution in [2.24, 2.45) is 0 Å². The van der Waals surface area contributed by atoms with Gasteiger partial charge in [-0.3, -0.25) is 0 Å². The number of hydrogen-bond acceptors (Lipinski definition) is 5. The third kappa shape index (κ3) is 2.26. The number of aromatic hydroxyl groups is 2. The molecule has 0 radical (unpaired) electrons. The number of halogens is 2. The topological polar surface area (TPSA) is 75.7 Å². The van der Waals surface area contributed by atoms with Crippen molar-refractivity contribution in [1.82, 2.24) is 4.98 Å². The van der Waals surface area contributed by atoms with Crippen molar-refractivity contribution in [2.75, 3.05) is 7.11 Å². The Balaban J connectivity index is 2.29. The number of aromatic nitrogens is 1. The Bertz CT molecular complexity index is 827. The molecule has 0 aliphatic rings. The van der Waals surface area contributed by atoms with Crippen LogP contribution < -0.4 is 4.74 Å². The van der Waals surface area contributed by atoms with Crippen molar-refractivity contribution in [3.63, 3.8) is 0 Å². The van der Waals surface area contributed by atoms with Crippen LogP contribution in [0.3, 0.4) is 0 Å². The highest BCUT2D eigenvalue weighted by Gasteiger charge is 2.22. The molecule has 3 aromatic rings. The predicted molar refractivity (Wildman–Crippen MR) is 84.7 cm³/mol. The number of nitrogens with zero attached hydrogens (tertiary/aromatic N) is 1. The summed E-state index contributed by atoms with van der Waals surface area (Å²) in [5, 5.41) is 19.4. The van der Waals surface area contributed by atoms with Gasteiger partial charge in [0.1, 0.15) is 21.5 Å². The molecule has 7 heteroatoms. The Morgan fingerprint density at radius 3 is 2.38 bits per heavy atom. The smallest absolute Gasteiger partial charge is 0.227 e. The Labute approximate surface area is 136 Å². The molecule has 0 aliphatic carbocycles. The largest absolute Gasteiger partial charge is 0.508 e. The lowest BCUT2D eigenvalue weighted by Crippen LogP contribution is -1.87. The summed E-state index contributed by atoms with van der Waals surface area (Å²) in [5.41, 5.74) is 1.57. The molecule has 21 heavy (non-hydrogen) atoms. The van der Waals surface area contributed by atoms with Crippen LogP contribution in [0.15, 0.2) is 37.6 Å². The van der Waals surface area contributed by atoms with E-state index in [1.807, 2.05) is 0 Å². The number of ether oxygens (including phenoxy) is 1. The summed E-state index contributed by atoms with van der Waals surface area (Å²) in [5.74, 6) is 0.878. The lowest BCUT2D eigenvalue weighted by molar-refractivity contribution is 0.400. The molecule has 0 atom stereocenters. The molecule has 3 rings (SSSR count). The fraction of sp³-hybridized carbons (Fsp3) is 0.0714. The average molecular weight is 415 g/mol. The van der Waals surface area contributed by atoms with Crippen molar-refractivity contribution in [2.45, 2.75) is 0 Å². The molecule has 2 N–H and O–H groups in total. The maximum Gasteiger partial charge on any atom is 0.227 e. The number of phenolic OH excluding ortho intramolecular Hbond substituents is 2. The van der Waals surface area contributed by atoms with Gasteiger partial charge in [0.2, 0.25) is 5.89 Å². The summed E-state index contributed by atoms with van der Waals surface area (Å²) in [6.45, 7) is 0. The van der Waals surface area contributed by atoms with Crippen LogP contribution in [0.1, 0.15) is 0 Å². The Hall–Kier alpha value is -1.73. The van der Waals surface area contributed by atoms with E-state index in [0.717, 1.165) is 0 Å². The summed E-state index contributed by atoms with van der Waals surface area (Å²) < 4.78 is 11.8. The molecule has 0 aliphatic heterocycles. The van der Waals surface area contributed by atoms with Gasteiger partial charge in [0, 0.05) is 5.56 Å². The van der Waals surface area contributed by atoms with Crippen LogP contribution in [0, 0.1) is 0 Å². The summed E-state index contributed by atoms with van der Waals surface area (Å²) in [7, 11) is 1.48. The fourth-order valence-corrected chi connectivity index (χ4v) is 3.22. The van der Waals surface area contributed by atoms with E-state index < -0.39 is 0 Å². The number of rotatable bonds is 2. The van der Waals surface area contributed by atoms with E-state index in [1.54, 1.807) is 24.3 Å². The first-order chi connectivity index (χ1) is 10.0. The minimum absolute atomic E-state index is 0.00935. The monoisotopic (exact) mass is 413 g/mol. The quantitative estimate of drug-likeness (QED) is 0.648. The highest BCUT2D eigenvalue weighted by atomic mass is 79.9. The number of hydrogen-bond donors (Lipinski definition) is 2. The first kappa shape index (κ1) is 14.2. The Morgan fingerprint density at radius 2 is 1.76 bits per heavy atom. The van der Waals surface area contributed by atoms with Crippen LogP contribution in [-0.2, 0) is 0 Å². The van der Waals surface area contributed by atoms with E-state index in [-0.39, 0.29) is 11.5 Å². The van der Waals surface area contributed by atoms with Gasteiger partial charge >= 0.3 is 0 Å². The standard InChI is InChI=1S/C14H9Br2NO4/c1-20-12-9(16)11(19)8(15)10-13(12)21-14(17-10)6-2-4-7(18)5-3-6/h2-5,18-19H,1H3. The highest BCUT2D eigenvalue weighted by Crippen LogP contribution is 2.47. The van der Waals surface area contributed by atoms with Gasteiger partial charge in [-0.1, -0.05) is 0 Å². The van der Waals surface area contributed by atoms with Crippen LogP contribution in [-0.4, -0.2) is 22.3 Å². The first-order valence-corrected chi connectivity index (χ1v) is 7.45. The summed E-state index contributed by atoms with van der Waals surface area (Å²) in [6.07, 6.45) is 0. The fourth-order valence-electron chi connectivity index (χ4n) is 1.95. The first-order valence-electron chi connectivity index (χ1n) is 5.86. The Kier molecular flexibility index (Phi) is 3.54. The number of oxazole rings is 1. The second-order valence-electron chi connectivity index (χ2n) is 4.25. The summed E-state index contributed by atoms with van der Waals surface area (Å²) >= 11 is 6.56. The molecule has 1 aromatic heterocycles. The van der Waals surface area contributed by atoms with E-state index in [2.05, 4.69) is 36.8 Å². The number of fused-ring (bicyclic) bond motifs is 1. The van der Waals surface area contributed by atoms with Gasteiger partial charge < -0.3 is 19.4 Å². The maximum atomic E-state index is 10.0. The minimum atomic E-state index is -0.00935. The van der Waals surface area contributed by atoms with Gasteiger partial charge in [-0.25, -0.2) is 4.98 Å². The molecule has 0 spiro atoms. The second-order valence-corrected chi connectivity index (χ2v) is 5.84.